The van der Waals surface area contributed by atoms with E-state index < -0.39 is 22.2 Å². The topological polar surface area (TPSA) is 86.7 Å². The molecule has 2 N–H and O–H groups in total. The van der Waals surface area contributed by atoms with E-state index in [0.717, 1.165) is 25.7 Å². The van der Waals surface area contributed by atoms with Crippen molar-refractivity contribution >= 4 is 16.2 Å². The van der Waals surface area contributed by atoms with Crippen LogP contribution in [0.5, 0.6) is 0 Å². The summed E-state index contributed by atoms with van der Waals surface area (Å²) in [5.41, 5.74) is 0.420. The van der Waals surface area contributed by atoms with Crippen LogP contribution >= 0.6 is 0 Å². The number of aliphatic carboxylic acids is 1. The number of carboxylic acids is 1. The van der Waals surface area contributed by atoms with Crippen LogP contribution in [0.25, 0.3) is 0 Å². The first-order chi connectivity index (χ1) is 10.0. The summed E-state index contributed by atoms with van der Waals surface area (Å²) < 4.78 is 28.4. The van der Waals surface area contributed by atoms with E-state index in [4.69, 9.17) is 0 Å². The number of nitrogens with one attached hydrogen (secondary N) is 1. The molecule has 1 aliphatic rings. The summed E-state index contributed by atoms with van der Waals surface area (Å²) in [5, 5.41) is 9.30. The van der Waals surface area contributed by atoms with Crippen LogP contribution in [0.3, 0.4) is 0 Å². The second kappa shape index (κ2) is 7.02. The second-order valence-corrected chi connectivity index (χ2v) is 6.82. The van der Waals surface area contributed by atoms with Gasteiger partial charge in [0.1, 0.15) is 6.04 Å². The van der Waals surface area contributed by atoms with Crippen molar-refractivity contribution in [1.82, 2.24) is 9.03 Å². The molecular weight excluding hydrogens is 292 g/mol. The zero-order valence-corrected chi connectivity index (χ0v) is 12.6. The highest BCUT2D eigenvalue weighted by molar-refractivity contribution is 7.87. The minimum atomic E-state index is -3.80. The zero-order valence-electron chi connectivity index (χ0n) is 11.7. The van der Waals surface area contributed by atoms with E-state index in [1.54, 1.807) is 30.3 Å². The van der Waals surface area contributed by atoms with Gasteiger partial charge in [0.15, 0.2) is 0 Å². The lowest BCUT2D eigenvalue weighted by Crippen LogP contribution is -2.44. The molecule has 1 saturated heterocycles. The average molecular weight is 312 g/mol. The Morgan fingerprint density at radius 2 is 1.67 bits per heavy atom. The molecular formula is C14H20N2O4S. The first-order valence-electron chi connectivity index (χ1n) is 7.06. The van der Waals surface area contributed by atoms with Crippen molar-refractivity contribution in [3.05, 3.63) is 35.9 Å². The van der Waals surface area contributed by atoms with Gasteiger partial charge in [-0.2, -0.15) is 17.4 Å². The van der Waals surface area contributed by atoms with Gasteiger partial charge in [-0.1, -0.05) is 43.2 Å². The van der Waals surface area contributed by atoms with Gasteiger partial charge in [-0.25, -0.2) is 0 Å². The Bertz CT molecular complexity index is 566. The smallest absolute Gasteiger partial charge is 0.326 e. The fourth-order valence-electron chi connectivity index (χ4n) is 2.41. The lowest BCUT2D eigenvalue weighted by Gasteiger charge is -2.23. The Morgan fingerprint density at radius 1 is 1.10 bits per heavy atom. The molecule has 0 aromatic heterocycles. The molecule has 116 valence electrons. The summed E-state index contributed by atoms with van der Waals surface area (Å²) in [5.74, 6) is -1.21. The van der Waals surface area contributed by atoms with Crippen LogP contribution in [0.2, 0.25) is 0 Å². The van der Waals surface area contributed by atoms with Crippen LogP contribution in [-0.4, -0.2) is 36.9 Å². The largest absolute Gasteiger partial charge is 0.480 e. The molecule has 1 aromatic rings. The SMILES string of the molecule is O=C(O)[C@H](NS(=O)(=O)N1CCCCCC1)c1ccccc1. The Kier molecular flexibility index (Phi) is 5.33. The first-order valence-corrected chi connectivity index (χ1v) is 8.50. The summed E-state index contributed by atoms with van der Waals surface area (Å²) in [6.07, 6.45) is 3.63. The number of rotatable bonds is 5. The Hall–Kier alpha value is -1.44. The van der Waals surface area contributed by atoms with Gasteiger partial charge in [0.05, 0.1) is 0 Å². The third-order valence-corrected chi connectivity index (χ3v) is 5.13. The summed E-state index contributed by atoms with van der Waals surface area (Å²) >= 11 is 0. The van der Waals surface area contributed by atoms with Crippen LogP contribution in [0, 0.1) is 0 Å². The van der Waals surface area contributed by atoms with Crippen molar-refractivity contribution in [2.75, 3.05) is 13.1 Å². The van der Waals surface area contributed by atoms with Crippen LogP contribution < -0.4 is 4.72 Å². The molecule has 0 unspecified atom stereocenters. The molecule has 21 heavy (non-hydrogen) atoms. The Morgan fingerprint density at radius 3 is 2.19 bits per heavy atom. The molecule has 0 radical (unpaired) electrons. The van der Waals surface area contributed by atoms with Crippen molar-refractivity contribution in [3.63, 3.8) is 0 Å². The van der Waals surface area contributed by atoms with E-state index in [-0.39, 0.29) is 0 Å². The molecule has 1 atom stereocenters. The summed E-state index contributed by atoms with van der Waals surface area (Å²) in [6, 6.07) is 7.07. The molecule has 0 saturated carbocycles. The molecule has 6 nitrogen and oxygen atoms in total. The van der Waals surface area contributed by atoms with Crippen LogP contribution in [-0.2, 0) is 15.0 Å². The van der Waals surface area contributed by atoms with Crippen molar-refractivity contribution in [2.24, 2.45) is 0 Å². The number of hydrogen-bond donors (Lipinski definition) is 2. The van der Waals surface area contributed by atoms with Gasteiger partial charge >= 0.3 is 5.97 Å². The maximum absolute atomic E-state index is 12.4. The third kappa shape index (κ3) is 4.26. The molecule has 1 aromatic carbocycles. The van der Waals surface area contributed by atoms with Crippen molar-refractivity contribution in [2.45, 2.75) is 31.7 Å². The van der Waals surface area contributed by atoms with Crippen LogP contribution in [0.4, 0.5) is 0 Å². The van der Waals surface area contributed by atoms with Gasteiger partial charge in [-0.3, -0.25) is 4.79 Å². The molecule has 2 rings (SSSR count). The lowest BCUT2D eigenvalue weighted by molar-refractivity contribution is -0.139. The molecule has 0 aliphatic carbocycles. The third-order valence-electron chi connectivity index (χ3n) is 3.55. The van der Waals surface area contributed by atoms with Crippen molar-refractivity contribution < 1.29 is 18.3 Å². The van der Waals surface area contributed by atoms with E-state index in [1.807, 2.05) is 0 Å². The number of benzene rings is 1. The molecule has 1 fully saturated rings. The fraction of sp³-hybridized carbons (Fsp3) is 0.500. The molecule has 0 spiro atoms. The van der Waals surface area contributed by atoms with E-state index in [9.17, 15) is 18.3 Å². The number of carbonyl (C=O) groups is 1. The summed E-state index contributed by atoms with van der Waals surface area (Å²) in [4.78, 5) is 11.4. The van der Waals surface area contributed by atoms with Crippen molar-refractivity contribution in [3.8, 4) is 0 Å². The van der Waals surface area contributed by atoms with Crippen molar-refractivity contribution in [1.29, 1.82) is 0 Å². The summed E-state index contributed by atoms with van der Waals surface area (Å²) in [7, 11) is -3.80. The predicted molar refractivity (Wildman–Crippen MR) is 78.9 cm³/mol. The normalized spacial score (nSPS) is 18.9. The van der Waals surface area contributed by atoms with Crippen LogP contribution in [0.15, 0.2) is 30.3 Å². The maximum Gasteiger partial charge on any atom is 0.326 e. The average Bonchev–Trinajstić information content (AvgIpc) is 2.75. The van der Waals surface area contributed by atoms with Gasteiger partial charge in [0.25, 0.3) is 10.2 Å². The van der Waals surface area contributed by atoms with Gasteiger partial charge < -0.3 is 5.11 Å². The van der Waals surface area contributed by atoms with E-state index >= 15 is 0 Å². The lowest BCUT2D eigenvalue weighted by atomic mass is 10.1. The van der Waals surface area contributed by atoms with Gasteiger partial charge in [0, 0.05) is 13.1 Å². The standard InChI is InChI=1S/C14H20N2O4S/c17-14(18)13(12-8-4-3-5-9-12)15-21(19,20)16-10-6-1-2-7-11-16/h3-5,8-9,13,15H,1-2,6-7,10-11H2,(H,17,18)/t13-/m1/s1. The first kappa shape index (κ1) is 15.9. The number of hydrogen-bond acceptors (Lipinski definition) is 3. The Balaban J connectivity index is 2.17. The summed E-state index contributed by atoms with van der Waals surface area (Å²) in [6.45, 7) is 0.882. The predicted octanol–water partition coefficient (Wildman–Crippen LogP) is 1.52. The fourth-order valence-corrected chi connectivity index (χ4v) is 3.83. The quantitative estimate of drug-likeness (QED) is 0.863. The highest BCUT2D eigenvalue weighted by Crippen LogP contribution is 2.18. The maximum atomic E-state index is 12.4. The van der Waals surface area contributed by atoms with Gasteiger partial charge in [-0.05, 0) is 18.4 Å². The highest BCUT2D eigenvalue weighted by Gasteiger charge is 2.30. The monoisotopic (exact) mass is 312 g/mol. The minimum Gasteiger partial charge on any atom is -0.480 e. The van der Waals surface area contributed by atoms with E-state index in [0.29, 0.717) is 18.7 Å². The Labute approximate surface area is 125 Å². The number of nitrogens with zero attached hydrogens (tertiary/aromatic N) is 1. The van der Waals surface area contributed by atoms with E-state index in [2.05, 4.69) is 4.72 Å². The minimum absolute atomic E-state index is 0.420. The molecule has 0 bridgehead atoms. The van der Waals surface area contributed by atoms with Gasteiger partial charge in [-0.15, -0.1) is 0 Å². The molecule has 1 aliphatic heterocycles. The molecule has 0 amide bonds. The molecule has 1 heterocycles. The van der Waals surface area contributed by atoms with E-state index in [1.165, 1.54) is 4.31 Å². The van der Waals surface area contributed by atoms with Crippen LogP contribution in [0.1, 0.15) is 37.3 Å². The zero-order chi connectivity index (χ0) is 15.3. The number of carboxylic acid groups (broad SMARTS) is 1. The second-order valence-electron chi connectivity index (χ2n) is 5.12. The highest BCUT2D eigenvalue weighted by atomic mass is 32.2. The molecule has 7 heteroatoms. The van der Waals surface area contributed by atoms with Gasteiger partial charge in [0.2, 0.25) is 0 Å².